The van der Waals surface area contributed by atoms with Gasteiger partial charge in [-0.15, -0.1) is 0 Å². The summed E-state index contributed by atoms with van der Waals surface area (Å²) in [7, 11) is 0. The Morgan fingerprint density at radius 1 is 1.00 bits per heavy atom. The van der Waals surface area contributed by atoms with Gasteiger partial charge in [0.2, 0.25) is 0 Å². The van der Waals surface area contributed by atoms with Crippen LogP contribution in [0.4, 0.5) is 28.9 Å². The molecule has 3 nitrogen and oxygen atoms in total. The molecule has 1 aromatic heterocycles. The lowest BCUT2D eigenvalue weighted by atomic mass is 10.0. The van der Waals surface area contributed by atoms with E-state index < -0.39 is 17.6 Å². The molecule has 0 aliphatic heterocycles. The van der Waals surface area contributed by atoms with Crippen molar-refractivity contribution in [3.63, 3.8) is 0 Å². The summed E-state index contributed by atoms with van der Waals surface area (Å²) in [6.07, 6.45) is -4.82. The minimum absolute atomic E-state index is 0.0362. The van der Waals surface area contributed by atoms with Crippen LogP contribution in [0, 0.1) is 5.82 Å². The van der Waals surface area contributed by atoms with Gasteiger partial charge in [-0.3, -0.25) is 0 Å². The summed E-state index contributed by atoms with van der Waals surface area (Å²) in [6.45, 7) is 0. The number of anilines is 2. The van der Waals surface area contributed by atoms with Crippen molar-refractivity contribution in [1.29, 1.82) is 0 Å². The van der Waals surface area contributed by atoms with Crippen LogP contribution in [0.2, 0.25) is 0 Å². The molecule has 3 aromatic rings. The first-order valence-corrected chi connectivity index (χ1v) is 7.49. The van der Waals surface area contributed by atoms with Crippen molar-refractivity contribution in [1.82, 2.24) is 4.98 Å². The van der Waals surface area contributed by atoms with Crippen molar-refractivity contribution in [2.75, 3.05) is 11.5 Å². The van der Waals surface area contributed by atoms with Crippen LogP contribution in [0.5, 0.6) is 0 Å². The Bertz CT molecular complexity index is 954. The van der Waals surface area contributed by atoms with Crippen LogP contribution in [0.3, 0.4) is 0 Å². The third-order valence-corrected chi connectivity index (χ3v) is 4.24. The highest BCUT2D eigenvalue weighted by Crippen LogP contribution is 2.39. The molecule has 2 aromatic carbocycles. The molecule has 0 aliphatic rings. The normalized spacial score (nSPS) is 11.9. The largest absolute Gasteiger partial charge is 0.419 e. The number of pyridine rings is 1. The zero-order chi connectivity index (χ0) is 17.6. The number of nitrogens with two attached hydrogens (primary N) is 2. The molecule has 0 amide bonds. The van der Waals surface area contributed by atoms with Gasteiger partial charge in [0.25, 0.3) is 0 Å². The molecule has 0 spiro atoms. The topological polar surface area (TPSA) is 64.9 Å². The van der Waals surface area contributed by atoms with Crippen molar-refractivity contribution in [3.8, 4) is 11.3 Å². The Kier molecular flexibility index (Phi) is 3.87. The monoisotopic (exact) mass is 399 g/mol. The molecule has 0 aliphatic carbocycles. The zero-order valence-corrected chi connectivity index (χ0v) is 13.5. The lowest BCUT2D eigenvalue weighted by molar-refractivity contribution is -0.139. The summed E-state index contributed by atoms with van der Waals surface area (Å²) >= 11 is 3.34. The summed E-state index contributed by atoms with van der Waals surface area (Å²) in [6, 6.07) is 7.72. The lowest BCUT2D eigenvalue weighted by Gasteiger charge is -2.14. The molecule has 0 saturated carbocycles. The van der Waals surface area contributed by atoms with E-state index in [1.165, 1.54) is 6.07 Å². The Balaban J connectivity index is 2.30. The minimum Gasteiger partial charge on any atom is -0.396 e. The van der Waals surface area contributed by atoms with E-state index >= 15 is 0 Å². The van der Waals surface area contributed by atoms with Crippen LogP contribution < -0.4 is 11.5 Å². The second kappa shape index (κ2) is 5.62. The maximum absolute atomic E-state index is 13.5. The SMILES string of the molecule is Nc1c(-c2ccc(F)c(C(F)(F)F)c2)nc2cccc(Br)c2c1N. The molecule has 0 radical (unpaired) electrons. The number of hydrogen-bond acceptors (Lipinski definition) is 3. The third-order valence-electron chi connectivity index (χ3n) is 3.58. The van der Waals surface area contributed by atoms with Crippen LogP contribution >= 0.6 is 15.9 Å². The summed E-state index contributed by atoms with van der Waals surface area (Å²) in [5, 5.41) is 0.567. The van der Waals surface area contributed by atoms with Crippen LogP contribution in [0.1, 0.15) is 5.56 Å². The molecular formula is C16H10BrF4N3. The van der Waals surface area contributed by atoms with Gasteiger partial charge in [0, 0.05) is 15.4 Å². The number of nitrogen functional groups attached to an aromatic ring is 2. The molecule has 24 heavy (non-hydrogen) atoms. The first-order chi connectivity index (χ1) is 11.2. The van der Waals surface area contributed by atoms with Gasteiger partial charge >= 0.3 is 6.18 Å². The van der Waals surface area contributed by atoms with Crippen molar-refractivity contribution in [2.24, 2.45) is 0 Å². The number of alkyl halides is 3. The van der Waals surface area contributed by atoms with E-state index in [4.69, 9.17) is 11.5 Å². The van der Waals surface area contributed by atoms with Gasteiger partial charge in [-0.2, -0.15) is 13.2 Å². The Hall–Kier alpha value is -2.35. The van der Waals surface area contributed by atoms with Crippen LogP contribution in [0.15, 0.2) is 40.9 Å². The van der Waals surface area contributed by atoms with Gasteiger partial charge in [-0.05, 0) is 30.3 Å². The Labute approximate surface area is 142 Å². The molecule has 124 valence electrons. The lowest BCUT2D eigenvalue weighted by Crippen LogP contribution is -2.09. The zero-order valence-electron chi connectivity index (χ0n) is 12.0. The van der Waals surface area contributed by atoms with E-state index in [0.717, 1.165) is 6.07 Å². The molecule has 0 bridgehead atoms. The van der Waals surface area contributed by atoms with E-state index in [-0.39, 0.29) is 22.6 Å². The summed E-state index contributed by atoms with van der Waals surface area (Å²) in [5.74, 6) is -1.36. The second-order valence-electron chi connectivity index (χ2n) is 5.11. The molecule has 0 unspecified atom stereocenters. The van der Waals surface area contributed by atoms with Crippen molar-refractivity contribution >= 4 is 38.2 Å². The van der Waals surface area contributed by atoms with Crippen molar-refractivity contribution in [2.45, 2.75) is 6.18 Å². The average Bonchev–Trinajstić information content (AvgIpc) is 2.50. The summed E-state index contributed by atoms with van der Waals surface area (Å²) < 4.78 is 52.9. The molecule has 4 N–H and O–H groups in total. The maximum atomic E-state index is 13.5. The van der Waals surface area contributed by atoms with Crippen molar-refractivity contribution < 1.29 is 17.6 Å². The predicted octanol–water partition coefficient (Wildman–Crippen LogP) is 4.99. The maximum Gasteiger partial charge on any atom is 0.419 e. The van der Waals surface area contributed by atoms with Gasteiger partial charge < -0.3 is 11.5 Å². The second-order valence-corrected chi connectivity index (χ2v) is 5.97. The number of rotatable bonds is 1. The number of halogens is 5. The van der Waals surface area contributed by atoms with Gasteiger partial charge in [0.15, 0.2) is 0 Å². The number of nitrogens with zero attached hydrogens (tertiary/aromatic N) is 1. The molecule has 1 heterocycles. The van der Waals surface area contributed by atoms with Crippen molar-refractivity contribution in [3.05, 3.63) is 52.3 Å². The fourth-order valence-electron chi connectivity index (χ4n) is 2.43. The third kappa shape index (κ3) is 2.66. The van der Waals surface area contributed by atoms with Gasteiger partial charge in [0.1, 0.15) is 5.82 Å². The van der Waals surface area contributed by atoms with E-state index in [1.807, 2.05) is 0 Å². The molecule has 3 rings (SSSR count). The van der Waals surface area contributed by atoms with E-state index in [9.17, 15) is 17.6 Å². The molecule has 8 heteroatoms. The van der Waals surface area contributed by atoms with Gasteiger partial charge in [-0.1, -0.05) is 22.0 Å². The molecule has 0 saturated heterocycles. The number of benzene rings is 2. The molecular weight excluding hydrogens is 390 g/mol. The summed E-state index contributed by atoms with van der Waals surface area (Å²) in [4.78, 5) is 4.29. The quantitative estimate of drug-likeness (QED) is 0.566. The fourth-order valence-corrected chi connectivity index (χ4v) is 2.99. The fraction of sp³-hybridized carbons (Fsp3) is 0.0625. The average molecular weight is 400 g/mol. The highest BCUT2D eigenvalue weighted by atomic mass is 79.9. The van der Waals surface area contributed by atoms with E-state index in [1.54, 1.807) is 18.2 Å². The van der Waals surface area contributed by atoms with Gasteiger partial charge in [-0.25, -0.2) is 9.37 Å². The number of hydrogen-bond donors (Lipinski definition) is 2. The van der Waals surface area contributed by atoms with E-state index in [2.05, 4.69) is 20.9 Å². The smallest absolute Gasteiger partial charge is 0.396 e. The highest BCUT2D eigenvalue weighted by molar-refractivity contribution is 9.10. The van der Waals surface area contributed by atoms with E-state index in [0.29, 0.717) is 21.4 Å². The molecule has 0 fully saturated rings. The first-order valence-electron chi connectivity index (χ1n) is 6.70. The Morgan fingerprint density at radius 2 is 1.71 bits per heavy atom. The predicted molar refractivity (Wildman–Crippen MR) is 88.7 cm³/mol. The van der Waals surface area contributed by atoms with Gasteiger partial charge in [0.05, 0.1) is 28.1 Å². The Morgan fingerprint density at radius 3 is 2.38 bits per heavy atom. The standard InChI is InChI=1S/C16H10BrF4N3/c17-9-2-1-3-11-12(9)13(22)14(23)15(24-11)7-4-5-10(18)8(6-7)16(19,20)21/h1-6H,23H2,(H2,22,24). The highest BCUT2D eigenvalue weighted by Gasteiger charge is 2.34. The number of fused-ring (bicyclic) bond motifs is 1. The first kappa shape index (κ1) is 16.5. The molecule has 0 atom stereocenters. The van der Waals surface area contributed by atoms with Crippen LogP contribution in [-0.2, 0) is 6.18 Å². The number of aromatic nitrogens is 1. The van der Waals surface area contributed by atoms with Crippen LogP contribution in [-0.4, -0.2) is 4.98 Å². The minimum atomic E-state index is -4.82. The summed E-state index contributed by atoms with van der Waals surface area (Å²) in [5.41, 5.74) is 11.4. The van der Waals surface area contributed by atoms with Crippen LogP contribution in [0.25, 0.3) is 22.2 Å².